The second kappa shape index (κ2) is 9.68. The highest BCUT2D eigenvalue weighted by molar-refractivity contribution is 5.35. The van der Waals surface area contributed by atoms with Gasteiger partial charge in [-0.15, -0.1) is 0 Å². The summed E-state index contributed by atoms with van der Waals surface area (Å²) in [5.41, 5.74) is 6.61. The molecule has 2 heteroatoms. The third kappa shape index (κ3) is 5.31. The van der Waals surface area contributed by atoms with E-state index in [2.05, 4.69) is 78.9 Å². The maximum absolute atomic E-state index is 6.01. The minimum absolute atomic E-state index is 0.0425. The molecule has 1 fully saturated rings. The lowest BCUT2D eigenvalue weighted by molar-refractivity contribution is -0.169. The summed E-state index contributed by atoms with van der Waals surface area (Å²) in [6.45, 7) is 1.44. The summed E-state index contributed by atoms with van der Waals surface area (Å²) < 4.78 is 11.7. The van der Waals surface area contributed by atoms with Crippen LogP contribution in [0.15, 0.2) is 78.9 Å². The number of rotatable bonds is 7. The van der Waals surface area contributed by atoms with Crippen molar-refractivity contribution in [2.45, 2.75) is 45.0 Å². The van der Waals surface area contributed by atoms with Crippen LogP contribution in [0.4, 0.5) is 0 Å². The van der Waals surface area contributed by atoms with Gasteiger partial charge in [-0.3, -0.25) is 0 Å². The molecule has 144 valence electrons. The van der Waals surface area contributed by atoms with E-state index in [1.54, 1.807) is 0 Å². The predicted molar refractivity (Wildman–Crippen MR) is 113 cm³/mol. The van der Waals surface area contributed by atoms with Crippen LogP contribution >= 0.6 is 0 Å². The first-order chi connectivity index (χ1) is 13.9. The number of hydrogen-bond donors (Lipinski definition) is 0. The molecule has 0 aliphatic carbocycles. The fourth-order valence-corrected chi connectivity index (χ4v) is 3.72. The second-order valence-electron chi connectivity index (χ2n) is 7.53. The largest absolute Gasteiger partial charge is 0.353 e. The third-order valence-corrected chi connectivity index (χ3v) is 5.35. The fourth-order valence-electron chi connectivity index (χ4n) is 3.72. The van der Waals surface area contributed by atoms with E-state index in [1.807, 2.05) is 0 Å². The molecule has 4 rings (SSSR count). The Hall–Kier alpha value is -2.42. The number of ether oxygens (including phenoxy) is 2. The van der Waals surface area contributed by atoms with Crippen molar-refractivity contribution in [3.05, 3.63) is 107 Å². The van der Waals surface area contributed by atoms with Gasteiger partial charge < -0.3 is 9.47 Å². The molecule has 2 nitrogen and oxygen atoms in total. The maximum Gasteiger partial charge on any atom is 0.158 e. The van der Waals surface area contributed by atoms with Gasteiger partial charge in [0.1, 0.15) is 0 Å². The van der Waals surface area contributed by atoms with Crippen molar-refractivity contribution < 1.29 is 9.47 Å². The van der Waals surface area contributed by atoms with Crippen LogP contribution in [0.25, 0.3) is 0 Å². The molecule has 1 unspecified atom stereocenters. The molecule has 0 amide bonds. The van der Waals surface area contributed by atoms with E-state index in [0.717, 1.165) is 32.3 Å². The van der Waals surface area contributed by atoms with Gasteiger partial charge >= 0.3 is 0 Å². The van der Waals surface area contributed by atoms with E-state index in [4.69, 9.17) is 9.47 Å². The van der Waals surface area contributed by atoms with Crippen molar-refractivity contribution in [2.75, 3.05) is 6.61 Å². The highest BCUT2D eigenvalue weighted by Crippen LogP contribution is 2.20. The van der Waals surface area contributed by atoms with Gasteiger partial charge in [-0.05, 0) is 59.9 Å². The van der Waals surface area contributed by atoms with Gasteiger partial charge in [0, 0.05) is 6.61 Å². The molecule has 0 spiro atoms. The first-order valence-corrected chi connectivity index (χ1v) is 10.3. The van der Waals surface area contributed by atoms with Crippen LogP contribution in [0.3, 0.4) is 0 Å². The van der Waals surface area contributed by atoms with Crippen molar-refractivity contribution in [1.82, 2.24) is 0 Å². The Labute approximate surface area is 168 Å². The van der Waals surface area contributed by atoms with Gasteiger partial charge in [-0.25, -0.2) is 0 Å². The van der Waals surface area contributed by atoms with Crippen molar-refractivity contribution in [3.8, 4) is 0 Å². The SMILES string of the molecule is c1ccc(Cc2ccc(Cc3ccccc3COC3CCCCO3)cc2)cc1. The smallest absolute Gasteiger partial charge is 0.158 e. The Bertz CT molecular complexity index is 849. The van der Waals surface area contributed by atoms with Crippen molar-refractivity contribution in [3.63, 3.8) is 0 Å². The van der Waals surface area contributed by atoms with Gasteiger partial charge in [0.25, 0.3) is 0 Å². The summed E-state index contributed by atoms with van der Waals surface area (Å²) in [6.07, 6.45) is 5.21. The molecule has 0 saturated carbocycles. The van der Waals surface area contributed by atoms with Gasteiger partial charge in [-0.1, -0.05) is 78.9 Å². The Morgan fingerprint density at radius 3 is 2.04 bits per heavy atom. The van der Waals surface area contributed by atoms with Crippen LogP contribution in [0.1, 0.15) is 47.1 Å². The summed E-state index contributed by atoms with van der Waals surface area (Å²) in [6, 6.07) is 28.2. The standard InChI is InChI=1S/C26H28O2/c1-2-8-21(9-3-1)18-22-13-15-23(16-14-22)19-24-10-4-5-11-25(24)20-28-26-12-6-7-17-27-26/h1-5,8-11,13-16,26H,6-7,12,17-20H2. The molecule has 0 radical (unpaired) electrons. The lowest BCUT2D eigenvalue weighted by atomic mass is 9.98. The molecular weight excluding hydrogens is 344 g/mol. The summed E-state index contributed by atoms with van der Waals surface area (Å²) >= 11 is 0. The van der Waals surface area contributed by atoms with E-state index in [9.17, 15) is 0 Å². The van der Waals surface area contributed by atoms with Crippen LogP contribution in [-0.4, -0.2) is 12.9 Å². The highest BCUT2D eigenvalue weighted by Gasteiger charge is 2.14. The molecule has 0 bridgehead atoms. The van der Waals surface area contributed by atoms with E-state index >= 15 is 0 Å². The molecule has 0 N–H and O–H groups in total. The first kappa shape index (κ1) is 18.9. The summed E-state index contributed by atoms with van der Waals surface area (Å²) in [4.78, 5) is 0. The Balaban J connectivity index is 1.38. The Morgan fingerprint density at radius 1 is 0.679 bits per heavy atom. The quantitative estimate of drug-likeness (QED) is 0.513. The van der Waals surface area contributed by atoms with Crippen molar-refractivity contribution >= 4 is 0 Å². The topological polar surface area (TPSA) is 18.5 Å². The zero-order valence-corrected chi connectivity index (χ0v) is 16.3. The maximum atomic E-state index is 6.01. The lowest BCUT2D eigenvalue weighted by Crippen LogP contribution is -2.22. The summed E-state index contributed by atoms with van der Waals surface area (Å²) in [7, 11) is 0. The minimum atomic E-state index is -0.0425. The van der Waals surface area contributed by atoms with Crippen LogP contribution < -0.4 is 0 Å². The minimum Gasteiger partial charge on any atom is -0.353 e. The molecule has 1 saturated heterocycles. The molecule has 1 heterocycles. The molecule has 1 aliphatic rings. The first-order valence-electron chi connectivity index (χ1n) is 10.3. The molecule has 3 aromatic carbocycles. The molecule has 1 aliphatic heterocycles. The molecule has 28 heavy (non-hydrogen) atoms. The van der Waals surface area contributed by atoms with Crippen LogP contribution in [0.5, 0.6) is 0 Å². The average molecular weight is 373 g/mol. The van der Waals surface area contributed by atoms with Gasteiger partial charge in [0.2, 0.25) is 0 Å². The summed E-state index contributed by atoms with van der Waals surface area (Å²) in [5, 5.41) is 0. The van der Waals surface area contributed by atoms with E-state index < -0.39 is 0 Å². The Morgan fingerprint density at radius 2 is 1.32 bits per heavy atom. The molecule has 3 aromatic rings. The normalized spacial score (nSPS) is 16.8. The van der Waals surface area contributed by atoms with Crippen molar-refractivity contribution in [1.29, 1.82) is 0 Å². The Kier molecular flexibility index (Phi) is 6.54. The zero-order chi connectivity index (χ0) is 19.0. The van der Waals surface area contributed by atoms with E-state index in [1.165, 1.54) is 34.2 Å². The predicted octanol–water partition coefficient (Wildman–Crippen LogP) is 5.91. The molecular formula is C26H28O2. The van der Waals surface area contributed by atoms with Gasteiger partial charge in [0.15, 0.2) is 6.29 Å². The monoisotopic (exact) mass is 372 g/mol. The average Bonchev–Trinajstić information content (AvgIpc) is 2.76. The van der Waals surface area contributed by atoms with Crippen LogP contribution in [0, 0.1) is 0 Å². The van der Waals surface area contributed by atoms with Gasteiger partial charge in [-0.2, -0.15) is 0 Å². The van der Waals surface area contributed by atoms with Crippen molar-refractivity contribution in [2.24, 2.45) is 0 Å². The number of benzene rings is 3. The summed E-state index contributed by atoms with van der Waals surface area (Å²) in [5.74, 6) is 0. The highest BCUT2D eigenvalue weighted by atomic mass is 16.7. The van der Waals surface area contributed by atoms with Crippen LogP contribution in [-0.2, 0) is 28.9 Å². The van der Waals surface area contributed by atoms with Gasteiger partial charge in [0.05, 0.1) is 6.61 Å². The number of hydrogen-bond acceptors (Lipinski definition) is 2. The van der Waals surface area contributed by atoms with E-state index in [-0.39, 0.29) is 6.29 Å². The molecule has 1 atom stereocenters. The zero-order valence-electron chi connectivity index (χ0n) is 16.3. The fraction of sp³-hybridized carbons (Fsp3) is 0.308. The van der Waals surface area contributed by atoms with E-state index in [0.29, 0.717) is 6.61 Å². The third-order valence-electron chi connectivity index (χ3n) is 5.35. The molecule has 0 aromatic heterocycles. The second-order valence-corrected chi connectivity index (χ2v) is 7.53. The lowest BCUT2D eigenvalue weighted by Gasteiger charge is -2.23. The van der Waals surface area contributed by atoms with Crippen LogP contribution in [0.2, 0.25) is 0 Å².